The van der Waals surface area contributed by atoms with Crippen molar-refractivity contribution in [3.05, 3.63) is 59.8 Å². The number of nitrogens with zero attached hydrogens (tertiary/aromatic N) is 5. The van der Waals surface area contributed by atoms with E-state index in [0.717, 1.165) is 48.0 Å². The standard InChI is InChI=1S/C27H33N7O3/c1-4-13-34(14-5-2)26-30-25(33-29-18-20-17-28-22-9-7-6-8-21(20)22)31-27(32-26)37-15-12-19-10-11-23(35)24(16-19)36-3/h6-11,16-18,28,35H,4-5,12-15H2,1-3H3,(H,30,31,32,33)/b29-18+. The number of phenols is 1. The van der Waals surface area contributed by atoms with Gasteiger partial charge in [-0.2, -0.15) is 20.1 Å². The van der Waals surface area contributed by atoms with Crippen LogP contribution in [0.3, 0.4) is 0 Å². The minimum absolute atomic E-state index is 0.102. The fraction of sp³-hybridized carbons (Fsp3) is 0.333. The summed E-state index contributed by atoms with van der Waals surface area (Å²) in [7, 11) is 1.52. The van der Waals surface area contributed by atoms with Crippen molar-refractivity contribution in [2.75, 3.05) is 37.1 Å². The molecule has 0 saturated heterocycles. The third kappa shape index (κ3) is 6.66. The summed E-state index contributed by atoms with van der Waals surface area (Å²) in [5.74, 6) is 1.38. The van der Waals surface area contributed by atoms with Crippen LogP contribution >= 0.6 is 0 Å². The van der Waals surface area contributed by atoms with Gasteiger partial charge in [0.2, 0.25) is 5.95 Å². The SMILES string of the molecule is CCCN(CCC)c1nc(N/N=C/c2c[nH]c3ccccc23)nc(OCCc2ccc(O)c(OC)c2)n1. The van der Waals surface area contributed by atoms with Crippen LogP contribution in [0, 0.1) is 0 Å². The summed E-state index contributed by atoms with van der Waals surface area (Å²) < 4.78 is 11.1. The van der Waals surface area contributed by atoms with E-state index < -0.39 is 0 Å². The molecule has 0 aliphatic carbocycles. The molecule has 0 radical (unpaired) electrons. The van der Waals surface area contributed by atoms with Gasteiger partial charge in [-0.1, -0.05) is 38.1 Å². The molecule has 194 valence electrons. The summed E-state index contributed by atoms with van der Waals surface area (Å²) in [5.41, 5.74) is 5.90. The molecule has 2 aromatic carbocycles. The summed E-state index contributed by atoms with van der Waals surface area (Å²) in [6.45, 7) is 6.23. The van der Waals surface area contributed by atoms with Crippen molar-refractivity contribution in [2.45, 2.75) is 33.1 Å². The van der Waals surface area contributed by atoms with Gasteiger partial charge in [0.05, 0.1) is 19.9 Å². The molecule has 0 aliphatic heterocycles. The fourth-order valence-corrected chi connectivity index (χ4v) is 3.95. The van der Waals surface area contributed by atoms with E-state index in [1.165, 1.54) is 7.11 Å². The molecule has 4 aromatic rings. The quantitative estimate of drug-likeness (QED) is 0.176. The lowest BCUT2D eigenvalue weighted by atomic mass is 10.1. The normalized spacial score (nSPS) is 11.2. The Bertz CT molecular complexity index is 1330. The number of fused-ring (bicyclic) bond motifs is 1. The van der Waals surface area contributed by atoms with Crippen molar-refractivity contribution >= 4 is 29.0 Å². The topological polar surface area (TPSA) is 121 Å². The van der Waals surface area contributed by atoms with Gasteiger partial charge in [-0.05, 0) is 36.6 Å². The highest BCUT2D eigenvalue weighted by Crippen LogP contribution is 2.26. The zero-order valence-electron chi connectivity index (χ0n) is 21.4. The smallest absolute Gasteiger partial charge is 0.323 e. The molecule has 0 atom stereocenters. The van der Waals surface area contributed by atoms with Gasteiger partial charge < -0.3 is 24.5 Å². The molecule has 0 amide bonds. The second kappa shape index (κ2) is 12.6. The number of anilines is 2. The van der Waals surface area contributed by atoms with Crippen LogP contribution in [-0.2, 0) is 6.42 Å². The van der Waals surface area contributed by atoms with E-state index in [-0.39, 0.29) is 11.8 Å². The van der Waals surface area contributed by atoms with E-state index in [4.69, 9.17) is 9.47 Å². The molecule has 2 heterocycles. The molecule has 0 saturated carbocycles. The maximum Gasteiger partial charge on any atom is 0.323 e. The van der Waals surface area contributed by atoms with Crippen molar-refractivity contribution in [3.63, 3.8) is 0 Å². The average Bonchev–Trinajstić information content (AvgIpc) is 3.32. The Hall–Kier alpha value is -4.34. The van der Waals surface area contributed by atoms with Crippen LogP contribution < -0.4 is 19.8 Å². The van der Waals surface area contributed by atoms with Gasteiger partial charge in [-0.15, -0.1) is 0 Å². The maximum atomic E-state index is 9.81. The van der Waals surface area contributed by atoms with Crippen molar-refractivity contribution < 1.29 is 14.6 Å². The first-order valence-corrected chi connectivity index (χ1v) is 12.5. The lowest BCUT2D eigenvalue weighted by Gasteiger charge is -2.21. The molecule has 4 rings (SSSR count). The number of hydrogen-bond acceptors (Lipinski definition) is 9. The van der Waals surface area contributed by atoms with Gasteiger partial charge in [0.15, 0.2) is 11.5 Å². The number of rotatable bonds is 13. The van der Waals surface area contributed by atoms with Gasteiger partial charge >= 0.3 is 6.01 Å². The number of aromatic nitrogens is 4. The van der Waals surface area contributed by atoms with E-state index in [9.17, 15) is 5.11 Å². The number of para-hydroxylation sites is 1. The summed E-state index contributed by atoms with van der Waals surface area (Å²) in [6, 6.07) is 13.5. The zero-order chi connectivity index (χ0) is 26.0. The lowest BCUT2D eigenvalue weighted by Crippen LogP contribution is -2.27. The highest BCUT2D eigenvalue weighted by molar-refractivity contribution is 5.99. The maximum absolute atomic E-state index is 9.81. The number of aromatic amines is 1. The molecular formula is C27H33N7O3. The summed E-state index contributed by atoms with van der Waals surface area (Å²) in [6.07, 6.45) is 6.16. The number of hydrazone groups is 1. The first-order valence-electron chi connectivity index (χ1n) is 12.5. The number of phenolic OH excluding ortho intramolecular Hbond substituents is 1. The minimum atomic E-state index is 0.102. The Balaban J connectivity index is 1.51. The molecule has 10 heteroatoms. The number of methoxy groups -OCH3 is 1. The predicted molar refractivity (Wildman–Crippen MR) is 146 cm³/mol. The van der Waals surface area contributed by atoms with Crippen LogP contribution in [0.25, 0.3) is 10.9 Å². The second-order valence-corrected chi connectivity index (χ2v) is 8.49. The number of aromatic hydroxyl groups is 1. The number of benzene rings is 2. The highest BCUT2D eigenvalue weighted by Gasteiger charge is 2.14. The van der Waals surface area contributed by atoms with E-state index in [1.807, 2.05) is 36.5 Å². The van der Waals surface area contributed by atoms with Crippen molar-refractivity contribution in [1.82, 2.24) is 19.9 Å². The summed E-state index contributed by atoms with van der Waals surface area (Å²) in [5, 5.41) is 15.3. The predicted octanol–water partition coefficient (Wildman–Crippen LogP) is 4.76. The number of hydrogen-bond donors (Lipinski definition) is 3. The van der Waals surface area contributed by atoms with Crippen molar-refractivity contribution in [2.24, 2.45) is 5.10 Å². The average molecular weight is 504 g/mol. The Labute approximate surface area is 216 Å². The fourth-order valence-electron chi connectivity index (χ4n) is 3.95. The Morgan fingerprint density at radius 3 is 2.68 bits per heavy atom. The molecule has 0 fully saturated rings. The van der Waals surface area contributed by atoms with Gasteiger partial charge in [-0.25, -0.2) is 5.43 Å². The van der Waals surface area contributed by atoms with Crippen molar-refractivity contribution in [1.29, 1.82) is 0 Å². The minimum Gasteiger partial charge on any atom is -0.504 e. The largest absolute Gasteiger partial charge is 0.504 e. The molecule has 0 bridgehead atoms. The second-order valence-electron chi connectivity index (χ2n) is 8.49. The molecule has 10 nitrogen and oxygen atoms in total. The van der Waals surface area contributed by atoms with E-state index >= 15 is 0 Å². The first-order chi connectivity index (χ1) is 18.1. The van der Waals surface area contributed by atoms with Gasteiger partial charge in [0.25, 0.3) is 5.95 Å². The molecule has 37 heavy (non-hydrogen) atoms. The first kappa shape index (κ1) is 25.7. The Morgan fingerprint density at radius 2 is 1.89 bits per heavy atom. The van der Waals surface area contributed by atoms with E-state index in [2.05, 4.69) is 49.2 Å². The van der Waals surface area contributed by atoms with Gasteiger partial charge in [0, 0.05) is 42.2 Å². The lowest BCUT2D eigenvalue weighted by molar-refractivity contribution is 0.295. The molecule has 0 spiro atoms. The summed E-state index contributed by atoms with van der Waals surface area (Å²) in [4.78, 5) is 18.9. The van der Waals surface area contributed by atoms with Crippen molar-refractivity contribution in [3.8, 4) is 17.5 Å². The molecule has 0 unspecified atom stereocenters. The van der Waals surface area contributed by atoms with E-state index in [1.54, 1.807) is 18.3 Å². The Kier molecular flexibility index (Phi) is 8.75. The number of ether oxygens (including phenoxy) is 2. The Morgan fingerprint density at radius 1 is 1.08 bits per heavy atom. The van der Waals surface area contributed by atoms with Crippen LogP contribution in [0.4, 0.5) is 11.9 Å². The number of H-pyrrole nitrogens is 1. The molecule has 0 aliphatic rings. The molecule has 2 aromatic heterocycles. The van der Waals surface area contributed by atoms with Crippen LogP contribution in [0.5, 0.6) is 17.5 Å². The zero-order valence-corrected chi connectivity index (χ0v) is 21.4. The number of nitrogens with one attached hydrogen (secondary N) is 2. The monoisotopic (exact) mass is 503 g/mol. The van der Waals surface area contributed by atoms with E-state index in [0.29, 0.717) is 30.7 Å². The third-order valence-corrected chi connectivity index (χ3v) is 5.73. The molecule has 3 N–H and O–H groups in total. The summed E-state index contributed by atoms with van der Waals surface area (Å²) >= 11 is 0. The highest BCUT2D eigenvalue weighted by atomic mass is 16.5. The van der Waals surface area contributed by atoms with Crippen LogP contribution in [0.1, 0.15) is 37.8 Å². The van der Waals surface area contributed by atoms with Gasteiger partial charge in [0.1, 0.15) is 0 Å². The van der Waals surface area contributed by atoms with Crippen LogP contribution in [0.15, 0.2) is 53.8 Å². The van der Waals surface area contributed by atoms with Crippen LogP contribution in [-0.4, -0.2) is 58.1 Å². The third-order valence-electron chi connectivity index (χ3n) is 5.73. The molecular weight excluding hydrogens is 470 g/mol. The van der Waals surface area contributed by atoms with Crippen LogP contribution in [0.2, 0.25) is 0 Å². The van der Waals surface area contributed by atoms with Gasteiger partial charge in [-0.3, -0.25) is 0 Å².